The molecule has 5 rings (SSSR count). The molecule has 156 valence electrons. The predicted molar refractivity (Wildman–Crippen MR) is 119 cm³/mol. The summed E-state index contributed by atoms with van der Waals surface area (Å²) in [7, 11) is 0. The number of aromatic amines is 1. The number of pyridine rings is 1. The lowest BCUT2D eigenvalue weighted by atomic mass is 10.1. The quantitative estimate of drug-likeness (QED) is 0.421. The van der Waals surface area contributed by atoms with Crippen LogP contribution < -0.4 is 5.32 Å². The van der Waals surface area contributed by atoms with Gasteiger partial charge in [0.25, 0.3) is 0 Å². The molecular formula is C22H23N9. The van der Waals surface area contributed by atoms with E-state index in [0.29, 0.717) is 12.5 Å². The van der Waals surface area contributed by atoms with Gasteiger partial charge in [0, 0.05) is 66.3 Å². The zero-order chi connectivity index (χ0) is 21.2. The SMILES string of the molecule is CC(C)n1cc(-c2ccnc(NCCn3cccn3)n2)c(-c2cnc3[nH]ccc3c2)n1. The number of nitrogens with zero attached hydrogens (tertiary/aromatic N) is 7. The van der Waals surface area contributed by atoms with Gasteiger partial charge in [0.05, 0.1) is 12.2 Å². The fourth-order valence-electron chi connectivity index (χ4n) is 3.44. The van der Waals surface area contributed by atoms with Crippen LogP contribution in [0.3, 0.4) is 0 Å². The van der Waals surface area contributed by atoms with E-state index >= 15 is 0 Å². The average molecular weight is 413 g/mol. The zero-order valence-electron chi connectivity index (χ0n) is 17.4. The number of hydrogen-bond donors (Lipinski definition) is 2. The lowest BCUT2D eigenvalue weighted by molar-refractivity contribution is 0.534. The monoisotopic (exact) mass is 413 g/mol. The van der Waals surface area contributed by atoms with Crippen molar-refractivity contribution in [3.8, 4) is 22.5 Å². The van der Waals surface area contributed by atoms with E-state index in [9.17, 15) is 0 Å². The van der Waals surface area contributed by atoms with Crippen molar-refractivity contribution >= 4 is 17.0 Å². The molecule has 9 nitrogen and oxygen atoms in total. The Bertz CT molecular complexity index is 1300. The zero-order valence-corrected chi connectivity index (χ0v) is 17.4. The first kappa shape index (κ1) is 19.0. The van der Waals surface area contributed by atoms with Crippen LogP contribution in [0.25, 0.3) is 33.5 Å². The van der Waals surface area contributed by atoms with Crippen LogP contribution in [0.1, 0.15) is 19.9 Å². The molecule has 0 amide bonds. The van der Waals surface area contributed by atoms with E-state index in [1.807, 2.05) is 52.4 Å². The van der Waals surface area contributed by atoms with Crippen molar-refractivity contribution in [1.29, 1.82) is 0 Å². The first-order valence-electron chi connectivity index (χ1n) is 10.2. The van der Waals surface area contributed by atoms with Crippen molar-refractivity contribution in [2.75, 3.05) is 11.9 Å². The highest BCUT2D eigenvalue weighted by atomic mass is 15.3. The molecule has 9 heteroatoms. The van der Waals surface area contributed by atoms with Gasteiger partial charge >= 0.3 is 0 Å². The molecule has 0 spiro atoms. The van der Waals surface area contributed by atoms with Gasteiger partial charge in [-0.3, -0.25) is 9.36 Å². The van der Waals surface area contributed by atoms with Crippen LogP contribution in [-0.2, 0) is 6.54 Å². The molecule has 0 saturated carbocycles. The standard InChI is InChI=1S/C22H23N9/c1-15(2)31-14-18(20(29-31)17-12-16-4-7-23-21(16)26-13-17)19-5-8-24-22(28-19)25-9-11-30-10-3-6-27-30/h3-8,10,12-15H,9,11H2,1-2H3,(H,23,26)(H,24,25,28). The summed E-state index contributed by atoms with van der Waals surface area (Å²) in [6.07, 6.45) is 11.2. The average Bonchev–Trinajstić information content (AvgIpc) is 3.53. The maximum Gasteiger partial charge on any atom is 0.223 e. The smallest absolute Gasteiger partial charge is 0.223 e. The molecular weight excluding hydrogens is 390 g/mol. The minimum absolute atomic E-state index is 0.227. The van der Waals surface area contributed by atoms with Gasteiger partial charge in [-0.1, -0.05) is 0 Å². The van der Waals surface area contributed by atoms with Gasteiger partial charge in [-0.2, -0.15) is 10.2 Å². The van der Waals surface area contributed by atoms with Gasteiger partial charge in [-0.25, -0.2) is 15.0 Å². The highest BCUT2D eigenvalue weighted by Crippen LogP contribution is 2.32. The third-order valence-electron chi connectivity index (χ3n) is 5.05. The van der Waals surface area contributed by atoms with Crippen LogP contribution in [0.15, 0.2) is 61.4 Å². The number of anilines is 1. The summed E-state index contributed by atoms with van der Waals surface area (Å²) in [4.78, 5) is 16.8. The van der Waals surface area contributed by atoms with Crippen LogP contribution in [0.4, 0.5) is 5.95 Å². The number of aromatic nitrogens is 8. The Kier molecular flexibility index (Phi) is 4.91. The van der Waals surface area contributed by atoms with Gasteiger partial charge in [0.2, 0.25) is 5.95 Å². The molecule has 31 heavy (non-hydrogen) atoms. The minimum atomic E-state index is 0.227. The van der Waals surface area contributed by atoms with Crippen LogP contribution in [-0.4, -0.2) is 46.0 Å². The Morgan fingerprint density at radius 2 is 2.10 bits per heavy atom. The van der Waals surface area contributed by atoms with Gasteiger partial charge in [-0.15, -0.1) is 0 Å². The summed E-state index contributed by atoms with van der Waals surface area (Å²) in [6.45, 7) is 5.63. The van der Waals surface area contributed by atoms with Crippen LogP contribution in [0.5, 0.6) is 0 Å². The Morgan fingerprint density at radius 1 is 1.16 bits per heavy atom. The van der Waals surface area contributed by atoms with Crippen molar-refractivity contribution in [1.82, 2.24) is 39.5 Å². The Hall–Kier alpha value is -4.01. The molecule has 5 aromatic heterocycles. The second-order valence-electron chi connectivity index (χ2n) is 7.57. The van der Waals surface area contributed by atoms with Crippen molar-refractivity contribution in [2.45, 2.75) is 26.4 Å². The van der Waals surface area contributed by atoms with E-state index in [1.165, 1.54) is 0 Å². The summed E-state index contributed by atoms with van der Waals surface area (Å²) in [5.41, 5.74) is 4.42. The highest BCUT2D eigenvalue weighted by molar-refractivity contribution is 5.85. The normalized spacial score (nSPS) is 11.5. The first-order chi connectivity index (χ1) is 15.2. The summed E-state index contributed by atoms with van der Waals surface area (Å²) in [5.74, 6) is 0.576. The minimum Gasteiger partial charge on any atom is -0.352 e. The van der Waals surface area contributed by atoms with E-state index in [4.69, 9.17) is 10.1 Å². The van der Waals surface area contributed by atoms with E-state index in [-0.39, 0.29) is 6.04 Å². The lowest BCUT2D eigenvalue weighted by Crippen LogP contribution is -2.12. The molecule has 0 aliphatic carbocycles. The second-order valence-corrected chi connectivity index (χ2v) is 7.57. The van der Waals surface area contributed by atoms with Crippen molar-refractivity contribution in [3.05, 3.63) is 61.4 Å². The molecule has 0 bridgehead atoms. The summed E-state index contributed by atoms with van der Waals surface area (Å²) in [6, 6.07) is 8.15. The molecule has 0 radical (unpaired) electrons. The van der Waals surface area contributed by atoms with Crippen molar-refractivity contribution in [2.24, 2.45) is 0 Å². The Balaban J connectivity index is 1.47. The number of rotatable bonds is 7. The second kappa shape index (κ2) is 8.02. The fraction of sp³-hybridized carbons (Fsp3) is 0.227. The first-order valence-corrected chi connectivity index (χ1v) is 10.2. The number of hydrogen-bond acceptors (Lipinski definition) is 6. The summed E-state index contributed by atoms with van der Waals surface area (Å²) in [5, 5.41) is 13.4. The number of H-pyrrole nitrogens is 1. The maximum absolute atomic E-state index is 4.85. The molecule has 0 aromatic carbocycles. The number of nitrogens with one attached hydrogen (secondary N) is 2. The maximum atomic E-state index is 4.85. The lowest BCUT2D eigenvalue weighted by Gasteiger charge is -2.07. The van der Waals surface area contributed by atoms with Gasteiger partial charge in [0.1, 0.15) is 11.3 Å². The van der Waals surface area contributed by atoms with E-state index in [2.05, 4.69) is 45.3 Å². The number of fused-ring (bicyclic) bond motifs is 1. The van der Waals surface area contributed by atoms with Gasteiger partial charge in [-0.05, 0) is 38.1 Å². The summed E-state index contributed by atoms with van der Waals surface area (Å²) < 4.78 is 3.82. The largest absolute Gasteiger partial charge is 0.352 e. The Labute approximate surface area is 179 Å². The van der Waals surface area contributed by atoms with Crippen LogP contribution in [0, 0.1) is 0 Å². The van der Waals surface area contributed by atoms with E-state index in [0.717, 1.165) is 40.1 Å². The van der Waals surface area contributed by atoms with Crippen molar-refractivity contribution in [3.63, 3.8) is 0 Å². The third-order valence-corrected chi connectivity index (χ3v) is 5.05. The molecule has 0 aliphatic rings. The fourth-order valence-corrected chi connectivity index (χ4v) is 3.44. The van der Waals surface area contributed by atoms with Crippen LogP contribution >= 0.6 is 0 Å². The summed E-state index contributed by atoms with van der Waals surface area (Å²) >= 11 is 0. The van der Waals surface area contributed by atoms with Gasteiger partial charge < -0.3 is 10.3 Å². The molecule has 0 fully saturated rings. The van der Waals surface area contributed by atoms with Crippen LogP contribution in [0.2, 0.25) is 0 Å². The molecule has 0 atom stereocenters. The molecule has 5 aromatic rings. The van der Waals surface area contributed by atoms with E-state index in [1.54, 1.807) is 12.4 Å². The topological polar surface area (TPSA) is 102 Å². The third kappa shape index (κ3) is 3.89. The molecule has 0 saturated heterocycles. The molecule has 5 heterocycles. The van der Waals surface area contributed by atoms with E-state index < -0.39 is 0 Å². The molecule has 0 aliphatic heterocycles. The highest BCUT2D eigenvalue weighted by Gasteiger charge is 2.17. The van der Waals surface area contributed by atoms with Gasteiger partial charge in [0.15, 0.2) is 0 Å². The molecule has 0 unspecified atom stereocenters. The van der Waals surface area contributed by atoms with Crippen molar-refractivity contribution < 1.29 is 0 Å². The Morgan fingerprint density at radius 3 is 2.94 bits per heavy atom. The molecule has 2 N–H and O–H groups in total. The predicted octanol–water partition coefficient (Wildman–Crippen LogP) is 3.77.